The Labute approximate surface area is 115 Å². The molecule has 0 aromatic heterocycles. The van der Waals surface area contributed by atoms with E-state index < -0.39 is 0 Å². The van der Waals surface area contributed by atoms with Gasteiger partial charge in [-0.3, -0.25) is 0 Å². The van der Waals surface area contributed by atoms with Gasteiger partial charge in [0.15, 0.2) is 0 Å². The van der Waals surface area contributed by atoms with Crippen LogP contribution in [0, 0.1) is 0 Å². The van der Waals surface area contributed by atoms with Gasteiger partial charge in [-0.05, 0) is 37.1 Å². The zero-order valence-corrected chi connectivity index (χ0v) is 12.1. The lowest BCUT2D eigenvalue weighted by Crippen LogP contribution is -2.36. The maximum Gasteiger partial charge on any atom is 0.321 e. The summed E-state index contributed by atoms with van der Waals surface area (Å²) in [4.78, 5) is 14.0. The summed E-state index contributed by atoms with van der Waals surface area (Å²) in [7, 11) is 1.63. The van der Waals surface area contributed by atoms with Gasteiger partial charge in [0.2, 0.25) is 0 Å². The molecule has 4 nitrogen and oxygen atoms in total. The molecule has 0 aliphatic carbocycles. The van der Waals surface area contributed by atoms with E-state index in [1.165, 1.54) is 0 Å². The van der Waals surface area contributed by atoms with Crippen LogP contribution in [-0.2, 0) is 0 Å². The highest BCUT2D eigenvalue weighted by Gasteiger charge is 2.11. The number of amides is 2. The number of hydrogen-bond acceptors (Lipinski definition) is 2. The van der Waals surface area contributed by atoms with Gasteiger partial charge >= 0.3 is 6.03 Å². The van der Waals surface area contributed by atoms with E-state index in [2.05, 4.69) is 19.2 Å². The molecule has 1 rings (SSSR count). The molecule has 1 aromatic rings. The number of anilines is 1. The Morgan fingerprint density at radius 3 is 2.37 bits per heavy atom. The van der Waals surface area contributed by atoms with Crippen molar-refractivity contribution < 1.29 is 9.53 Å². The van der Waals surface area contributed by atoms with Gasteiger partial charge in [0.05, 0.1) is 7.11 Å². The van der Waals surface area contributed by atoms with Crippen molar-refractivity contribution in [2.75, 3.05) is 25.5 Å². The van der Waals surface area contributed by atoms with Crippen LogP contribution < -0.4 is 10.1 Å². The zero-order chi connectivity index (χ0) is 14.1. The fraction of sp³-hybridized carbons (Fsp3) is 0.533. The molecule has 0 radical (unpaired) electrons. The zero-order valence-electron chi connectivity index (χ0n) is 12.1. The van der Waals surface area contributed by atoms with Crippen LogP contribution in [0.3, 0.4) is 0 Å². The summed E-state index contributed by atoms with van der Waals surface area (Å²) in [5.41, 5.74) is 0.795. The van der Waals surface area contributed by atoms with E-state index in [0.717, 1.165) is 43.8 Å². The average molecular weight is 264 g/mol. The van der Waals surface area contributed by atoms with E-state index in [1.54, 1.807) is 7.11 Å². The second-order valence-electron chi connectivity index (χ2n) is 4.50. The van der Waals surface area contributed by atoms with Gasteiger partial charge in [0.1, 0.15) is 5.75 Å². The molecule has 0 bridgehead atoms. The van der Waals surface area contributed by atoms with Gasteiger partial charge < -0.3 is 15.0 Å². The molecule has 1 N–H and O–H groups in total. The summed E-state index contributed by atoms with van der Waals surface area (Å²) < 4.78 is 5.09. The fourth-order valence-corrected chi connectivity index (χ4v) is 1.81. The van der Waals surface area contributed by atoms with Crippen LogP contribution in [0.2, 0.25) is 0 Å². The van der Waals surface area contributed by atoms with Gasteiger partial charge in [0, 0.05) is 18.8 Å². The van der Waals surface area contributed by atoms with Crippen molar-refractivity contribution >= 4 is 11.7 Å². The Morgan fingerprint density at radius 1 is 1.16 bits per heavy atom. The standard InChI is InChI=1S/C15H24N2O2/c1-4-6-12-17(11-5-2)15(18)16-13-7-9-14(19-3)10-8-13/h7-10H,4-6,11-12H2,1-3H3,(H,16,18). The van der Waals surface area contributed by atoms with Crippen molar-refractivity contribution in [3.05, 3.63) is 24.3 Å². The molecule has 0 aliphatic rings. The molecule has 0 spiro atoms. The monoisotopic (exact) mass is 264 g/mol. The molecule has 4 heteroatoms. The highest BCUT2D eigenvalue weighted by molar-refractivity contribution is 5.89. The molecule has 0 atom stereocenters. The van der Waals surface area contributed by atoms with Gasteiger partial charge in [-0.25, -0.2) is 4.79 Å². The van der Waals surface area contributed by atoms with Crippen molar-refractivity contribution in [2.24, 2.45) is 0 Å². The van der Waals surface area contributed by atoms with Crippen LogP contribution >= 0.6 is 0 Å². The van der Waals surface area contributed by atoms with Crippen molar-refractivity contribution in [3.63, 3.8) is 0 Å². The molecule has 0 heterocycles. The summed E-state index contributed by atoms with van der Waals surface area (Å²) in [5.74, 6) is 0.786. The lowest BCUT2D eigenvalue weighted by atomic mass is 10.3. The van der Waals surface area contributed by atoms with E-state index in [-0.39, 0.29) is 6.03 Å². The van der Waals surface area contributed by atoms with E-state index in [9.17, 15) is 4.79 Å². The summed E-state index contributed by atoms with van der Waals surface area (Å²) in [6.45, 7) is 5.82. The van der Waals surface area contributed by atoms with Crippen LogP contribution in [0.4, 0.5) is 10.5 Å². The Bertz CT molecular complexity index is 376. The van der Waals surface area contributed by atoms with Crippen LogP contribution in [-0.4, -0.2) is 31.1 Å². The highest BCUT2D eigenvalue weighted by atomic mass is 16.5. The van der Waals surface area contributed by atoms with Crippen molar-refractivity contribution in [2.45, 2.75) is 33.1 Å². The second kappa shape index (κ2) is 8.40. The minimum atomic E-state index is -0.0273. The number of rotatable bonds is 7. The fourth-order valence-electron chi connectivity index (χ4n) is 1.81. The summed E-state index contributed by atoms with van der Waals surface area (Å²) in [6.07, 6.45) is 3.10. The van der Waals surface area contributed by atoms with E-state index in [1.807, 2.05) is 29.2 Å². The minimum Gasteiger partial charge on any atom is -0.497 e. The molecular weight excluding hydrogens is 240 g/mol. The number of unbranched alkanes of at least 4 members (excludes halogenated alkanes) is 1. The Kier molecular flexibility index (Phi) is 6.79. The number of hydrogen-bond donors (Lipinski definition) is 1. The Hall–Kier alpha value is -1.71. The first kappa shape index (κ1) is 15.3. The van der Waals surface area contributed by atoms with Gasteiger partial charge in [-0.1, -0.05) is 20.3 Å². The molecule has 0 saturated heterocycles. The number of carbonyl (C=O) groups excluding carboxylic acids is 1. The molecule has 19 heavy (non-hydrogen) atoms. The van der Waals surface area contributed by atoms with E-state index in [4.69, 9.17) is 4.74 Å². The number of ether oxygens (including phenoxy) is 1. The Balaban J connectivity index is 2.58. The SMILES string of the molecule is CCCCN(CCC)C(=O)Nc1ccc(OC)cc1. The number of carbonyl (C=O) groups is 1. The van der Waals surface area contributed by atoms with Gasteiger partial charge in [-0.15, -0.1) is 0 Å². The third kappa shape index (κ3) is 5.20. The van der Waals surface area contributed by atoms with Crippen molar-refractivity contribution in [3.8, 4) is 5.75 Å². The molecule has 2 amide bonds. The molecular formula is C15H24N2O2. The highest BCUT2D eigenvalue weighted by Crippen LogP contribution is 2.15. The predicted molar refractivity (Wildman–Crippen MR) is 78.8 cm³/mol. The second-order valence-corrected chi connectivity index (χ2v) is 4.50. The smallest absolute Gasteiger partial charge is 0.321 e. The molecule has 0 fully saturated rings. The normalized spacial score (nSPS) is 10.1. The summed E-state index contributed by atoms with van der Waals surface area (Å²) in [5, 5.41) is 2.92. The largest absolute Gasteiger partial charge is 0.497 e. The first-order chi connectivity index (χ1) is 9.21. The molecule has 106 valence electrons. The lowest BCUT2D eigenvalue weighted by Gasteiger charge is -2.22. The summed E-state index contributed by atoms with van der Waals surface area (Å²) >= 11 is 0. The van der Waals surface area contributed by atoms with Gasteiger partial charge in [-0.2, -0.15) is 0 Å². The van der Waals surface area contributed by atoms with Crippen LogP contribution in [0.5, 0.6) is 5.75 Å². The first-order valence-electron chi connectivity index (χ1n) is 6.91. The third-order valence-electron chi connectivity index (χ3n) is 2.90. The number of nitrogens with one attached hydrogen (secondary N) is 1. The Morgan fingerprint density at radius 2 is 1.84 bits per heavy atom. The number of methoxy groups -OCH3 is 1. The van der Waals surface area contributed by atoms with Crippen LogP contribution in [0.1, 0.15) is 33.1 Å². The molecule has 0 unspecified atom stereocenters. The molecule has 0 aliphatic heterocycles. The van der Waals surface area contributed by atoms with E-state index in [0.29, 0.717) is 0 Å². The maximum absolute atomic E-state index is 12.1. The third-order valence-corrected chi connectivity index (χ3v) is 2.90. The number of benzene rings is 1. The van der Waals surface area contributed by atoms with Crippen molar-refractivity contribution in [1.82, 2.24) is 4.90 Å². The van der Waals surface area contributed by atoms with Crippen LogP contribution in [0.25, 0.3) is 0 Å². The van der Waals surface area contributed by atoms with E-state index >= 15 is 0 Å². The van der Waals surface area contributed by atoms with Gasteiger partial charge in [0.25, 0.3) is 0 Å². The van der Waals surface area contributed by atoms with Crippen LogP contribution in [0.15, 0.2) is 24.3 Å². The maximum atomic E-state index is 12.1. The quantitative estimate of drug-likeness (QED) is 0.815. The number of nitrogens with zero attached hydrogens (tertiary/aromatic N) is 1. The average Bonchev–Trinajstić information content (AvgIpc) is 2.44. The number of urea groups is 1. The minimum absolute atomic E-state index is 0.0273. The summed E-state index contributed by atoms with van der Waals surface area (Å²) in [6, 6.07) is 7.35. The first-order valence-corrected chi connectivity index (χ1v) is 6.91. The lowest BCUT2D eigenvalue weighted by molar-refractivity contribution is 0.211. The van der Waals surface area contributed by atoms with Crippen molar-refractivity contribution in [1.29, 1.82) is 0 Å². The topological polar surface area (TPSA) is 41.6 Å². The predicted octanol–water partition coefficient (Wildman–Crippen LogP) is 3.74. The molecule has 1 aromatic carbocycles. The molecule has 0 saturated carbocycles.